The fourth-order valence-corrected chi connectivity index (χ4v) is 11.4. The number of anilines is 4. The second-order valence-corrected chi connectivity index (χ2v) is 18.5. The Bertz CT molecular complexity index is 2030. The monoisotopic (exact) mass is 703 g/mol. The van der Waals surface area contributed by atoms with Gasteiger partial charge in [-0.3, -0.25) is 24.2 Å². The maximum absolute atomic E-state index is 15.1. The highest BCUT2D eigenvalue weighted by Gasteiger charge is 2.67. The molecular weight excluding hydrogens is 663 g/mol. The normalized spacial score (nSPS) is 25.5. The molecule has 2 N–H and O–H groups in total. The van der Waals surface area contributed by atoms with Gasteiger partial charge in [0.1, 0.15) is 5.75 Å². The molecular formula is C40H41N3O7Si. The number of ether oxygens (including phenoxy) is 2. The number of hydrogen-bond acceptors (Lipinski definition) is 7. The van der Waals surface area contributed by atoms with Gasteiger partial charge in [0.25, 0.3) is 11.8 Å². The minimum Gasteiger partial charge on any atom is -0.454 e. The highest BCUT2D eigenvalue weighted by Crippen LogP contribution is 2.61. The lowest BCUT2D eigenvalue weighted by Crippen LogP contribution is -2.45. The Morgan fingerprint density at radius 2 is 1.59 bits per heavy atom. The van der Waals surface area contributed by atoms with E-state index < -0.39 is 31.5 Å². The van der Waals surface area contributed by atoms with Crippen LogP contribution < -0.4 is 14.5 Å². The zero-order chi connectivity index (χ0) is 35.7. The number of rotatable bonds is 6. The first-order valence-electron chi connectivity index (χ1n) is 17.6. The molecule has 0 bridgehead atoms. The van der Waals surface area contributed by atoms with Gasteiger partial charge in [-0.15, -0.1) is 0 Å². The van der Waals surface area contributed by atoms with Crippen LogP contribution in [-0.2, 0) is 19.9 Å². The van der Waals surface area contributed by atoms with Crippen molar-refractivity contribution in [2.24, 2.45) is 5.92 Å². The van der Waals surface area contributed by atoms with Crippen LogP contribution in [0.2, 0.25) is 18.6 Å². The molecule has 0 unspecified atom stereocenters. The van der Waals surface area contributed by atoms with Crippen LogP contribution in [-0.4, -0.2) is 66.1 Å². The molecule has 3 amide bonds. The van der Waals surface area contributed by atoms with Crippen LogP contribution in [0.4, 0.5) is 22.7 Å². The van der Waals surface area contributed by atoms with Gasteiger partial charge in [0.15, 0.2) is 19.7 Å². The van der Waals surface area contributed by atoms with Gasteiger partial charge in [0, 0.05) is 34.9 Å². The van der Waals surface area contributed by atoms with Crippen molar-refractivity contribution in [1.82, 2.24) is 4.90 Å². The number of carbonyl (C=O) groups is 3. The molecule has 0 aromatic heterocycles. The summed E-state index contributed by atoms with van der Waals surface area (Å²) >= 11 is 0. The lowest BCUT2D eigenvalue weighted by Gasteiger charge is -2.33. The van der Waals surface area contributed by atoms with Gasteiger partial charge < -0.3 is 24.3 Å². The van der Waals surface area contributed by atoms with Crippen LogP contribution in [0.25, 0.3) is 0 Å². The van der Waals surface area contributed by atoms with Crippen molar-refractivity contribution in [3.8, 4) is 11.5 Å². The molecule has 262 valence electrons. The third-order valence-electron chi connectivity index (χ3n) is 11.1. The van der Waals surface area contributed by atoms with Crippen molar-refractivity contribution in [2.75, 3.05) is 23.0 Å². The molecule has 5 atom stereocenters. The third-order valence-corrected chi connectivity index (χ3v) is 13.6. The fraction of sp³-hybridized carbons (Fsp3) is 0.325. The van der Waals surface area contributed by atoms with Crippen molar-refractivity contribution in [3.63, 3.8) is 0 Å². The van der Waals surface area contributed by atoms with E-state index in [1.54, 1.807) is 32.9 Å². The summed E-state index contributed by atoms with van der Waals surface area (Å²) in [7, 11) is -3.08. The Kier molecular flexibility index (Phi) is 8.14. The number of carbonyl (C=O) groups excluding carboxylic acids is 3. The molecule has 0 aliphatic carbocycles. The van der Waals surface area contributed by atoms with Crippen LogP contribution in [0.3, 0.4) is 0 Å². The van der Waals surface area contributed by atoms with Crippen LogP contribution in [0.1, 0.15) is 42.1 Å². The van der Waals surface area contributed by atoms with E-state index in [1.165, 1.54) is 0 Å². The molecule has 8 rings (SSSR count). The van der Waals surface area contributed by atoms with Gasteiger partial charge in [-0.2, -0.15) is 0 Å². The summed E-state index contributed by atoms with van der Waals surface area (Å²) in [6.45, 7) is 6.03. The van der Waals surface area contributed by atoms with Crippen molar-refractivity contribution < 1.29 is 33.8 Å². The van der Waals surface area contributed by atoms with E-state index in [0.29, 0.717) is 51.9 Å². The first kappa shape index (κ1) is 33.3. The highest BCUT2D eigenvalue weighted by atomic mass is 28.4. The fourth-order valence-electron chi connectivity index (χ4n) is 8.87. The molecule has 0 saturated carbocycles. The average Bonchev–Trinajstić information content (AvgIpc) is 3.76. The van der Waals surface area contributed by atoms with Gasteiger partial charge in [0.2, 0.25) is 5.91 Å². The number of hydrogen-bond donors (Lipinski definition) is 2. The number of para-hydroxylation sites is 4. The largest absolute Gasteiger partial charge is 0.454 e. The number of aliphatic hydroxyl groups is 1. The molecule has 11 heteroatoms. The molecule has 4 heterocycles. The quantitative estimate of drug-likeness (QED) is 0.217. The summed E-state index contributed by atoms with van der Waals surface area (Å²) in [4.78, 5) is 60.2. The SMILES string of the molecule is C[C@@H]1[C@@H]([Si](C)(C)O)[C@H](CC(=O)N2CCC[C@H]2CO)O[C@@]12C(=O)N(c1ccccc1)c1ccc(N3C(=O)c4ccccc4Oc4ccccc43)cc12. The first-order chi connectivity index (χ1) is 24.5. The van der Waals surface area contributed by atoms with E-state index in [4.69, 9.17) is 9.47 Å². The molecule has 4 aromatic carbocycles. The van der Waals surface area contributed by atoms with Crippen LogP contribution in [0.15, 0.2) is 97.1 Å². The summed E-state index contributed by atoms with van der Waals surface area (Å²) in [5.74, 6) is -0.330. The summed E-state index contributed by atoms with van der Waals surface area (Å²) in [6, 6.07) is 29.1. The number of aliphatic hydroxyl groups excluding tert-OH is 1. The summed E-state index contributed by atoms with van der Waals surface area (Å²) in [5.41, 5.74) is 1.25. The van der Waals surface area contributed by atoms with Gasteiger partial charge in [-0.05, 0) is 80.5 Å². The summed E-state index contributed by atoms with van der Waals surface area (Å²) in [5, 5.41) is 9.96. The van der Waals surface area contributed by atoms with E-state index >= 15 is 4.79 Å². The number of likely N-dealkylation sites (tertiary alicyclic amines) is 1. The highest BCUT2D eigenvalue weighted by molar-refractivity contribution is 6.71. The molecule has 2 fully saturated rings. The Morgan fingerprint density at radius 3 is 2.33 bits per heavy atom. The third kappa shape index (κ3) is 5.21. The molecule has 2 saturated heterocycles. The minimum absolute atomic E-state index is 0.0238. The molecule has 51 heavy (non-hydrogen) atoms. The molecule has 4 aliphatic rings. The average molecular weight is 704 g/mol. The number of nitrogens with zero attached hydrogens (tertiary/aromatic N) is 3. The molecule has 1 spiro atoms. The van der Waals surface area contributed by atoms with Gasteiger partial charge in [-0.25, -0.2) is 0 Å². The Hall–Kier alpha value is -4.81. The van der Waals surface area contributed by atoms with Gasteiger partial charge in [0.05, 0.1) is 42.1 Å². The Balaban J connectivity index is 1.29. The summed E-state index contributed by atoms with van der Waals surface area (Å²) < 4.78 is 13.3. The van der Waals surface area contributed by atoms with E-state index in [1.807, 2.05) is 98.9 Å². The minimum atomic E-state index is -3.08. The molecule has 4 aromatic rings. The lowest BCUT2D eigenvalue weighted by atomic mass is 9.82. The van der Waals surface area contributed by atoms with Crippen LogP contribution in [0, 0.1) is 5.92 Å². The zero-order valence-electron chi connectivity index (χ0n) is 28.9. The van der Waals surface area contributed by atoms with E-state index in [0.717, 1.165) is 12.8 Å². The van der Waals surface area contributed by atoms with Crippen molar-refractivity contribution in [3.05, 3.63) is 108 Å². The first-order valence-corrected chi connectivity index (χ1v) is 20.6. The van der Waals surface area contributed by atoms with E-state index in [9.17, 15) is 19.5 Å². The Morgan fingerprint density at radius 1 is 0.882 bits per heavy atom. The van der Waals surface area contributed by atoms with Crippen molar-refractivity contribution in [2.45, 2.75) is 62.6 Å². The smallest absolute Gasteiger partial charge is 0.268 e. The van der Waals surface area contributed by atoms with Crippen LogP contribution >= 0.6 is 0 Å². The summed E-state index contributed by atoms with van der Waals surface area (Å²) in [6.07, 6.45) is 0.758. The number of benzene rings is 4. The number of fused-ring (bicyclic) bond motifs is 4. The molecule has 4 aliphatic heterocycles. The zero-order valence-corrected chi connectivity index (χ0v) is 29.9. The molecule has 0 radical (unpaired) electrons. The second kappa shape index (κ2) is 12.4. The standard InChI is InChI=1S/C40H41N3O7Si/c1-25-37(51(2,3)48)35(23-36(45)41-21-11-14-28(41)24-44)50-40(25)30-22-27(19-20-31(30)43(39(40)47)26-12-5-4-6-13-26)42-32-16-8-10-18-34(32)49-33-17-9-7-15-29(33)38(42)46/h4-10,12-13,15-20,22,25,28,35,37,44,48H,11,14,21,23-24H2,1-3H3/t25-,28+,35+,37-,40+/m1/s1. The van der Waals surface area contributed by atoms with Gasteiger partial charge in [-0.1, -0.05) is 49.4 Å². The van der Waals surface area contributed by atoms with Crippen molar-refractivity contribution in [1.29, 1.82) is 0 Å². The van der Waals surface area contributed by atoms with Crippen LogP contribution in [0.5, 0.6) is 11.5 Å². The molecule has 10 nitrogen and oxygen atoms in total. The maximum atomic E-state index is 15.1. The second-order valence-electron chi connectivity index (χ2n) is 14.5. The predicted molar refractivity (Wildman–Crippen MR) is 195 cm³/mol. The van der Waals surface area contributed by atoms with Crippen molar-refractivity contribution >= 4 is 48.8 Å². The topological polar surface area (TPSA) is 120 Å². The van der Waals surface area contributed by atoms with E-state index in [-0.39, 0.29) is 36.8 Å². The maximum Gasteiger partial charge on any atom is 0.268 e. The van der Waals surface area contributed by atoms with Gasteiger partial charge >= 0.3 is 0 Å². The number of amides is 3. The lowest BCUT2D eigenvalue weighted by molar-refractivity contribution is -0.149. The Labute approximate surface area is 298 Å². The van der Waals surface area contributed by atoms with E-state index in [2.05, 4.69) is 0 Å². The predicted octanol–water partition coefficient (Wildman–Crippen LogP) is 6.62.